The van der Waals surface area contributed by atoms with Crippen LogP contribution in [-0.2, 0) is 0 Å². The number of ether oxygens (including phenoxy) is 1. The first-order valence-corrected chi connectivity index (χ1v) is 5.42. The molecule has 0 saturated heterocycles. The highest BCUT2D eigenvalue weighted by molar-refractivity contribution is 5.30. The lowest BCUT2D eigenvalue weighted by Crippen LogP contribution is -2.28. The minimum atomic E-state index is -0.224. The Bertz CT molecular complexity index is 457. The van der Waals surface area contributed by atoms with Gasteiger partial charge < -0.3 is 9.15 Å². The van der Waals surface area contributed by atoms with E-state index in [4.69, 9.17) is 15.0 Å². The fourth-order valence-corrected chi connectivity index (χ4v) is 1.64. The van der Waals surface area contributed by atoms with E-state index in [0.29, 0.717) is 6.61 Å². The molecule has 2 heterocycles. The van der Waals surface area contributed by atoms with Crippen LogP contribution in [-0.4, -0.2) is 11.6 Å². The largest absolute Gasteiger partial charge is 0.492 e. The van der Waals surface area contributed by atoms with Gasteiger partial charge in [0.25, 0.3) is 0 Å². The van der Waals surface area contributed by atoms with Gasteiger partial charge in [0, 0.05) is 6.20 Å². The topological polar surface area (TPSA) is 73.3 Å². The number of aromatic nitrogens is 1. The third kappa shape index (κ3) is 2.64. The third-order valence-electron chi connectivity index (χ3n) is 2.37. The quantitative estimate of drug-likeness (QED) is 0.606. The van der Waals surface area contributed by atoms with Crippen molar-refractivity contribution in [3.63, 3.8) is 0 Å². The first-order chi connectivity index (χ1) is 8.35. The van der Waals surface area contributed by atoms with Crippen LogP contribution in [0.5, 0.6) is 5.75 Å². The smallest absolute Gasteiger partial charge is 0.137 e. The monoisotopic (exact) mass is 233 g/mol. The lowest BCUT2D eigenvalue weighted by Gasteiger charge is -2.14. The van der Waals surface area contributed by atoms with Crippen LogP contribution in [0, 0.1) is 0 Å². The second-order valence-corrected chi connectivity index (χ2v) is 3.50. The van der Waals surface area contributed by atoms with Crippen molar-refractivity contribution in [2.24, 2.45) is 5.84 Å². The minimum absolute atomic E-state index is 0.224. The minimum Gasteiger partial charge on any atom is -0.492 e. The van der Waals surface area contributed by atoms with E-state index in [9.17, 15) is 0 Å². The van der Waals surface area contributed by atoms with Crippen LogP contribution >= 0.6 is 0 Å². The Morgan fingerprint density at radius 2 is 2.41 bits per heavy atom. The van der Waals surface area contributed by atoms with Crippen LogP contribution in [0.2, 0.25) is 0 Å². The standard InChI is InChI=1S/C12H15N3O2/c1-2-16-10-6-9(7-14-8-10)12(15-13)11-4-3-5-17-11/h3-8,12,15H,2,13H2,1H3. The number of furan rings is 1. The molecule has 90 valence electrons. The third-order valence-corrected chi connectivity index (χ3v) is 2.37. The summed E-state index contributed by atoms with van der Waals surface area (Å²) in [6.45, 7) is 2.53. The molecule has 5 heteroatoms. The summed E-state index contributed by atoms with van der Waals surface area (Å²) in [5.41, 5.74) is 3.60. The van der Waals surface area contributed by atoms with Gasteiger partial charge in [0.1, 0.15) is 17.6 Å². The van der Waals surface area contributed by atoms with Gasteiger partial charge in [0.05, 0.1) is 19.1 Å². The van der Waals surface area contributed by atoms with Crippen LogP contribution in [0.3, 0.4) is 0 Å². The number of hydrogen-bond acceptors (Lipinski definition) is 5. The Labute approximate surface area is 99.6 Å². The van der Waals surface area contributed by atoms with Crippen LogP contribution in [0.4, 0.5) is 0 Å². The second-order valence-electron chi connectivity index (χ2n) is 3.50. The summed E-state index contributed by atoms with van der Waals surface area (Å²) >= 11 is 0. The molecule has 0 saturated carbocycles. The van der Waals surface area contributed by atoms with Crippen LogP contribution in [0.25, 0.3) is 0 Å². The van der Waals surface area contributed by atoms with E-state index in [-0.39, 0.29) is 6.04 Å². The van der Waals surface area contributed by atoms with Crippen molar-refractivity contribution in [1.82, 2.24) is 10.4 Å². The number of nitrogens with zero attached hydrogens (tertiary/aromatic N) is 1. The maximum Gasteiger partial charge on any atom is 0.137 e. The first-order valence-electron chi connectivity index (χ1n) is 5.42. The van der Waals surface area contributed by atoms with Gasteiger partial charge in [0.15, 0.2) is 0 Å². The summed E-state index contributed by atoms with van der Waals surface area (Å²) in [6, 6.07) is 5.35. The highest BCUT2D eigenvalue weighted by Gasteiger charge is 2.15. The molecule has 0 aliphatic rings. The predicted molar refractivity (Wildman–Crippen MR) is 63.3 cm³/mol. The summed E-state index contributed by atoms with van der Waals surface area (Å²) in [7, 11) is 0. The summed E-state index contributed by atoms with van der Waals surface area (Å²) in [4.78, 5) is 4.12. The number of rotatable bonds is 5. The second kappa shape index (κ2) is 5.47. The summed E-state index contributed by atoms with van der Waals surface area (Å²) in [5.74, 6) is 7.00. The van der Waals surface area contributed by atoms with E-state index in [1.54, 1.807) is 18.7 Å². The zero-order chi connectivity index (χ0) is 12.1. The molecule has 5 nitrogen and oxygen atoms in total. The highest BCUT2D eigenvalue weighted by atomic mass is 16.5. The Balaban J connectivity index is 2.28. The van der Waals surface area contributed by atoms with Crippen molar-refractivity contribution < 1.29 is 9.15 Å². The lowest BCUT2D eigenvalue weighted by atomic mass is 10.1. The fraction of sp³-hybridized carbons (Fsp3) is 0.250. The van der Waals surface area contributed by atoms with Gasteiger partial charge in [-0.05, 0) is 30.7 Å². The molecule has 1 unspecified atom stereocenters. The number of hydrogen-bond donors (Lipinski definition) is 2. The zero-order valence-corrected chi connectivity index (χ0v) is 9.59. The van der Waals surface area contributed by atoms with E-state index in [1.165, 1.54) is 0 Å². The molecule has 1 atom stereocenters. The van der Waals surface area contributed by atoms with Crippen LogP contribution in [0.1, 0.15) is 24.3 Å². The maximum atomic E-state index is 5.54. The molecule has 0 aliphatic heterocycles. The van der Waals surface area contributed by atoms with Crippen molar-refractivity contribution >= 4 is 0 Å². The van der Waals surface area contributed by atoms with E-state index in [1.807, 2.05) is 25.1 Å². The lowest BCUT2D eigenvalue weighted by molar-refractivity contribution is 0.337. The normalized spacial score (nSPS) is 12.4. The van der Waals surface area contributed by atoms with Crippen molar-refractivity contribution in [2.45, 2.75) is 13.0 Å². The molecule has 2 aromatic heterocycles. The SMILES string of the molecule is CCOc1cncc(C(NN)c2ccco2)c1. The zero-order valence-electron chi connectivity index (χ0n) is 9.59. The average Bonchev–Trinajstić information content (AvgIpc) is 2.85. The van der Waals surface area contributed by atoms with Gasteiger partial charge in [-0.15, -0.1) is 0 Å². The molecule has 0 amide bonds. The number of nitrogens with one attached hydrogen (secondary N) is 1. The van der Waals surface area contributed by atoms with Crippen molar-refractivity contribution in [3.05, 3.63) is 48.2 Å². The summed E-state index contributed by atoms with van der Waals surface area (Å²) in [5, 5.41) is 0. The molecule has 0 radical (unpaired) electrons. The highest BCUT2D eigenvalue weighted by Crippen LogP contribution is 2.23. The van der Waals surface area contributed by atoms with Gasteiger partial charge in [-0.3, -0.25) is 10.8 Å². The Morgan fingerprint density at radius 1 is 1.53 bits per heavy atom. The van der Waals surface area contributed by atoms with Crippen molar-refractivity contribution in [1.29, 1.82) is 0 Å². The van der Waals surface area contributed by atoms with Gasteiger partial charge in [0.2, 0.25) is 0 Å². The maximum absolute atomic E-state index is 5.54. The summed E-state index contributed by atoms with van der Waals surface area (Å²) in [6.07, 6.45) is 5.01. The predicted octanol–water partition coefficient (Wildman–Crippen LogP) is 1.63. The van der Waals surface area contributed by atoms with E-state index in [0.717, 1.165) is 17.1 Å². The van der Waals surface area contributed by atoms with E-state index in [2.05, 4.69) is 10.4 Å². The molecule has 0 aromatic carbocycles. The average molecular weight is 233 g/mol. The van der Waals surface area contributed by atoms with Crippen LogP contribution < -0.4 is 16.0 Å². The number of nitrogens with two attached hydrogens (primary N) is 1. The first kappa shape index (κ1) is 11.6. The van der Waals surface area contributed by atoms with Crippen LogP contribution in [0.15, 0.2) is 41.3 Å². The fourth-order valence-electron chi connectivity index (χ4n) is 1.64. The molecular formula is C12H15N3O2. The molecule has 0 aliphatic carbocycles. The molecule has 0 fully saturated rings. The van der Waals surface area contributed by atoms with Gasteiger partial charge in [-0.25, -0.2) is 5.43 Å². The molecule has 17 heavy (non-hydrogen) atoms. The number of pyridine rings is 1. The molecule has 2 aromatic rings. The molecule has 3 N–H and O–H groups in total. The van der Waals surface area contributed by atoms with Crippen molar-refractivity contribution in [3.8, 4) is 5.75 Å². The van der Waals surface area contributed by atoms with E-state index >= 15 is 0 Å². The molecular weight excluding hydrogens is 218 g/mol. The van der Waals surface area contributed by atoms with Crippen molar-refractivity contribution in [2.75, 3.05) is 6.61 Å². The molecule has 0 bridgehead atoms. The van der Waals surface area contributed by atoms with E-state index < -0.39 is 0 Å². The Hall–Kier alpha value is -1.85. The van der Waals surface area contributed by atoms with Gasteiger partial charge in [-0.1, -0.05) is 0 Å². The Kier molecular flexibility index (Phi) is 3.74. The summed E-state index contributed by atoms with van der Waals surface area (Å²) < 4.78 is 10.7. The number of hydrazine groups is 1. The Morgan fingerprint density at radius 3 is 3.06 bits per heavy atom. The van der Waals surface area contributed by atoms with Gasteiger partial charge in [-0.2, -0.15) is 0 Å². The molecule has 0 spiro atoms. The molecule has 2 rings (SSSR count). The van der Waals surface area contributed by atoms with Gasteiger partial charge >= 0.3 is 0 Å².